The van der Waals surface area contributed by atoms with Crippen molar-refractivity contribution in [2.45, 2.75) is 27.7 Å². The zero-order chi connectivity index (χ0) is 19.4. The smallest absolute Gasteiger partial charge is 0.409 e. The molecule has 0 spiro atoms. The highest BCUT2D eigenvalue weighted by Crippen LogP contribution is 2.22. The monoisotopic (exact) mass is 369 g/mol. The molecule has 0 saturated carbocycles. The molecule has 27 heavy (non-hydrogen) atoms. The van der Waals surface area contributed by atoms with E-state index in [-0.39, 0.29) is 6.09 Å². The summed E-state index contributed by atoms with van der Waals surface area (Å²) in [5, 5.41) is 3.33. The molecule has 0 unspecified atom stereocenters. The van der Waals surface area contributed by atoms with Gasteiger partial charge in [0.15, 0.2) is 0 Å². The normalized spacial score (nSPS) is 14.2. The van der Waals surface area contributed by atoms with Gasteiger partial charge in [0.25, 0.3) is 0 Å². The van der Waals surface area contributed by atoms with Crippen LogP contribution in [0.5, 0.6) is 0 Å². The first-order chi connectivity index (χ1) is 13.0. The highest BCUT2D eigenvalue weighted by molar-refractivity contribution is 5.68. The van der Waals surface area contributed by atoms with Crippen LogP contribution in [0.1, 0.15) is 23.7 Å². The number of carbonyl (C=O) groups is 1. The fraction of sp³-hybridized carbons (Fsp3) is 0.450. The quantitative estimate of drug-likeness (QED) is 0.890. The van der Waals surface area contributed by atoms with Crippen LogP contribution in [0.15, 0.2) is 24.3 Å². The van der Waals surface area contributed by atoms with E-state index < -0.39 is 0 Å². The van der Waals surface area contributed by atoms with Gasteiger partial charge in [-0.15, -0.1) is 0 Å². The lowest BCUT2D eigenvalue weighted by molar-refractivity contribution is 0.105. The summed E-state index contributed by atoms with van der Waals surface area (Å²) in [4.78, 5) is 25.0. The number of anilines is 3. The number of benzene rings is 1. The SMILES string of the molecule is CCOC(=O)N1CCN(c2cc(C)nc(Nc3ccc(C)cc3C)n2)CC1. The van der Waals surface area contributed by atoms with Crippen molar-refractivity contribution in [1.29, 1.82) is 0 Å². The molecule has 144 valence electrons. The molecule has 1 fully saturated rings. The molecule has 7 heteroatoms. The number of hydrogen-bond acceptors (Lipinski definition) is 6. The third-order valence-electron chi connectivity index (χ3n) is 4.60. The molecule has 1 aromatic heterocycles. The Bertz CT molecular complexity index is 816. The first-order valence-electron chi connectivity index (χ1n) is 9.33. The number of aryl methyl sites for hydroxylation is 3. The number of ether oxygens (including phenoxy) is 1. The minimum atomic E-state index is -0.242. The van der Waals surface area contributed by atoms with Gasteiger partial charge in [-0.1, -0.05) is 17.7 Å². The Hall–Kier alpha value is -2.83. The summed E-state index contributed by atoms with van der Waals surface area (Å²) in [5.74, 6) is 1.46. The maximum absolute atomic E-state index is 11.9. The lowest BCUT2D eigenvalue weighted by Crippen LogP contribution is -2.49. The van der Waals surface area contributed by atoms with Gasteiger partial charge in [0, 0.05) is 43.6 Å². The molecule has 7 nitrogen and oxygen atoms in total. The maximum Gasteiger partial charge on any atom is 0.409 e. The number of nitrogens with zero attached hydrogens (tertiary/aromatic N) is 4. The minimum Gasteiger partial charge on any atom is -0.450 e. The third-order valence-corrected chi connectivity index (χ3v) is 4.60. The molecule has 2 aromatic rings. The highest BCUT2D eigenvalue weighted by Gasteiger charge is 2.23. The summed E-state index contributed by atoms with van der Waals surface area (Å²) < 4.78 is 5.08. The number of hydrogen-bond donors (Lipinski definition) is 1. The lowest BCUT2D eigenvalue weighted by atomic mass is 10.1. The van der Waals surface area contributed by atoms with Gasteiger partial charge >= 0.3 is 6.09 Å². The van der Waals surface area contributed by atoms with Crippen molar-refractivity contribution in [2.24, 2.45) is 0 Å². The molecular formula is C20H27N5O2. The molecule has 1 aliphatic heterocycles. The Kier molecular flexibility index (Phi) is 5.78. The number of rotatable bonds is 4. The zero-order valence-corrected chi connectivity index (χ0v) is 16.5. The van der Waals surface area contributed by atoms with Gasteiger partial charge in [-0.05, 0) is 39.3 Å². The largest absolute Gasteiger partial charge is 0.450 e. The van der Waals surface area contributed by atoms with E-state index in [2.05, 4.69) is 41.2 Å². The summed E-state index contributed by atoms with van der Waals surface area (Å²) in [5.41, 5.74) is 4.29. The van der Waals surface area contributed by atoms with E-state index in [0.717, 1.165) is 35.9 Å². The van der Waals surface area contributed by atoms with E-state index in [9.17, 15) is 4.79 Å². The molecule has 0 atom stereocenters. The van der Waals surface area contributed by atoms with Crippen LogP contribution in [-0.2, 0) is 4.74 Å². The average molecular weight is 369 g/mol. The van der Waals surface area contributed by atoms with Crippen LogP contribution < -0.4 is 10.2 Å². The molecule has 1 N–H and O–H groups in total. The van der Waals surface area contributed by atoms with Crippen LogP contribution in [0.3, 0.4) is 0 Å². The van der Waals surface area contributed by atoms with Crippen LogP contribution in [0.4, 0.5) is 22.2 Å². The molecule has 1 aromatic carbocycles. The van der Waals surface area contributed by atoms with Crippen molar-refractivity contribution in [2.75, 3.05) is 43.0 Å². The molecule has 0 aliphatic carbocycles. The van der Waals surface area contributed by atoms with Gasteiger partial charge in [-0.2, -0.15) is 4.98 Å². The van der Waals surface area contributed by atoms with Crippen LogP contribution >= 0.6 is 0 Å². The van der Waals surface area contributed by atoms with E-state index in [4.69, 9.17) is 9.72 Å². The zero-order valence-electron chi connectivity index (χ0n) is 16.5. The Balaban J connectivity index is 1.71. The Morgan fingerprint density at radius 3 is 2.52 bits per heavy atom. The van der Waals surface area contributed by atoms with Gasteiger partial charge in [0.2, 0.25) is 5.95 Å². The van der Waals surface area contributed by atoms with Gasteiger partial charge < -0.3 is 19.9 Å². The minimum absolute atomic E-state index is 0.242. The number of amides is 1. The van der Waals surface area contributed by atoms with Crippen molar-refractivity contribution in [3.63, 3.8) is 0 Å². The van der Waals surface area contributed by atoms with Gasteiger partial charge in [-0.25, -0.2) is 9.78 Å². The molecule has 3 rings (SSSR count). The second-order valence-electron chi connectivity index (χ2n) is 6.81. The topological polar surface area (TPSA) is 70.6 Å². The fourth-order valence-electron chi connectivity index (χ4n) is 3.18. The Morgan fingerprint density at radius 1 is 1.11 bits per heavy atom. The van der Waals surface area contributed by atoms with E-state index in [1.807, 2.05) is 26.0 Å². The van der Waals surface area contributed by atoms with Crippen LogP contribution in [0.2, 0.25) is 0 Å². The number of piperazine rings is 1. The molecule has 1 saturated heterocycles. The number of nitrogens with one attached hydrogen (secondary N) is 1. The summed E-state index contributed by atoms with van der Waals surface area (Å²) in [6, 6.07) is 8.23. The molecular weight excluding hydrogens is 342 g/mol. The summed E-state index contributed by atoms with van der Waals surface area (Å²) in [7, 11) is 0. The molecule has 0 radical (unpaired) electrons. The molecule has 0 bridgehead atoms. The van der Waals surface area contributed by atoms with Crippen molar-refractivity contribution in [3.05, 3.63) is 41.1 Å². The predicted octanol–water partition coefficient (Wildman–Crippen LogP) is 3.42. The van der Waals surface area contributed by atoms with Crippen LogP contribution in [0, 0.1) is 20.8 Å². The molecule has 1 amide bonds. The van der Waals surface area contributed by atoms with Gasteiger partial charge in [-0.3, -0.25) is 0 Å². The Morgan fingerprint density at radius 2 is 1.85 bits per heavy atom. The van der Waals surface area contributed by atoms with E-state index >= 15 is 0 Å². The van der Waals surface area contributed by atoms with E-state index in [1.165, 1.54) is 5.56 Å². The summed E-state index contributed by atoms with van der Waals surface area (Å²) in [6.07, 6.45) is -0.242. The van der Waals surface area contributed by atoms with Crippen molar-refractivity contribution < 1.29 is 9.53 Å². The first kappa shape index (κ1) is 18.9. The average Bonchev–Trinajstić information content (AvgIpc) is 2.64. The standard InChI is InChI=1S/C20H27N5O2/c1-5-27-20(26)25-10-8-24(9-11-25)18-13-16(4)21-19(23-18)22-17-7-6-14(2)12-15(17)3/h6-7,12-13H,5,8-11H2,1-4H3,(H,21,22,23). The Labute approximate surface area is 160 Å². The van der Waals surface area contributed by atoms with Crippen molar-refractivity contribution in [1.82, 2.24) is 14.9 Å². The second-order valence-corrected chi connectivity index (χ2v) is 6.81. The maximum atomic E-state index is 11.9. The molecule has 2 heterocycles. The van der Waals surface area contributed by atoms with Gasteiger partial charge in [0.05, 0.1) is 6.61 Å². The predicted molar refractivity (Wildman–Crippen MR) is 107 cm³/mol. The van der Waals surface area contributed by atoms with Gasteiger partial charge in [0.1, 0.15) is 5.82 Å². The van der Waals surface area contributed by atoms with E-state index in [1.54, 1.807) is 4.90 Å². The van der Waals surface area contributed by atoms with Crippen molar-refractivity contribution in [3.8, 4) is 0 Å². The third kappa shape index (κ3) is 4.67. The van der Waals surface area contributed by atoms with E-state index in [0.29, 0.717) is 25.6 Å². The first-order valence-corrected chi connectivity index (χ1v) is 9.33. The van der Waals surface area contributed by atoms with Crippen molar-refractivity contribution >= 4 is 23.5 Å². The highest BCUT2D eigenvalue weighted by atomic mass is 16.6. The second kappa shape index (κ2) is 8.24. The van der Waals surface area contributed by atoms with Crippen LogP contribution in [0.25, 0.3) is 0 Å². The van der Waals surface area contributed by atoms with Crippen LogP contribution in [-0.4, -0.2) is 53.7 Å². The fourth-order valence-corrected chi connectivity index (χ4v) is 3.18. The lowest BCUT2D eigenvalue weighted by Gasteiger charge is -2.34. The summed E-state index contributed by atoms with van der Waals surface area (Å²) in [6.45, 7) is 11.0. The summed E-state index contributed by atoms with van der Waals surface area (Å²) >= 11 is 0. The molecule has 1 aliphatic rings. The number of carbonyl (C=O) groups excluding carboxylic acids is 1. The number of aromatic nitrogens is 2.